The molecule has 2 heterocycles. The zero-order valence-electron chi connectivity index (χ0n) is 17.3. The largest absolute Gasteiger partial charge is 0.494 e. The molecule has 3 rings (SSSR count). The van der Waals surface area contributed by atoms with Crippen molar-refractivity contribution < 1.29 is 22.3 Å². The number of alkyl halides is 3. The Morgan fingerprint density at radius 1 is 1.17 bits per heavy atom. The maximum atomic E-state index is 13.9. The molecular weight excluding hydrogens is 400 g/mol. The monoisotopic (exact) mass is 426 g/mol. The van der Waals surface area contributed by atoms with Crippen molar-refractivity contribution >= 4 is 5.82 Å². The predicted octanol–water partition coefficient (Wildman–Crippen LogP) is 4.84. The van der Waals surface area contributed by atoms with Crippen molar-refractivity contribution in [1.82, 2.24) is 15.1 Å². The third-order valence-electron chi connectivity index (χ3n) is 5.26. The highest BCUT2D eigenvalue weighted by atomic mass is 19.4. The summed E-state index contributed by atoms with van der Waals surface area (Å²) < 4.78 is 59.2. The Balaban J connectivity index is 1.61. The number of hydrogen-bond donors (Lipinski definition) is 1. The van der Waals surface area contributed by atoms with E-state index >= 15 is 0 Å². The van der Waals surface area contributed by atoms with Crippen LogP contribution in [0.5, 0.6) is 5.75 Å². The number of rotatable bonds is 6. The molecule has 1 aromatic carbocycles. The van der Waals surface area contributed by atoms with Crippen LogP contribution < -0.4 is 10.1 Å². The Hall–Kier alpha value is -2.42. The van der Waals surface area contributed by atoms with Crippen molar-refractivity contribution in [3.05, 3.63) is 46.9 Å². The molecule has 0 saturated carbocycles. The molecule has 1 saturated heterocycles. The number of piperidine rings is 1. The lowest BCUT2D eigenvalue weighted by Crippen LogP contribution is -2.39. The van der Waals surface area contributed by atoms with Crippen LogP contribution >= 0.6 is 0 Å². The summed E-state index contributed by atoms with van der Waals surface area (Å²) in [4.78, 5) is 2.15. The van der Waals surface area contributed by atoms with Crippen molar-refractivity contribution in [3.8, 4) is 5.75 Å². The molecule has 0 unspecified atom stereocenters. The topological polar surface area (TPSA) is 50.3 Å². The van der Waals surface area contributed by atoms with Crippen molar-refractivity contribution in [2.24, 2.45) is 0 Å². The van der Waals surface area contributed by atoms with Gasteiger partial charge in [0.2, 0.25) is 0 Å². The highest BCUT2D eigenvalue weighted by Gasteiger charge is 2.36. The minimum absolute atomic E-state index is 0.130. The van der Waals surface area contributed by atoms with E-state index in [1.807, 2.05) is 6.07 Å². The molecule has 9 heteroatoms. The zero-order chi connectivity index (χ0) is 21.9. The molecule has 0 radical (unpaired) electrons. The summed E-state index contributed by atoms with van der Waals surface area (Å²) in [5.41, 5.74) is 0.362. The molecule has 1 aliphatic heterocycles. The fraction of sp³-hybridized carbons (Fsp3) is 0.524. The lowest BCUT2D eigenvalue weighted by atomic mass is 10.0. The lowest BCUT2D eigenvalue weighted by molar-refractivity contribution is -0.137. The van der Waals surface area contributed by atoms with Crippen molar-refractivity contribution in [1.29, 1.82) is 0 Å². The Morgan fingerprint density at radius 2 is 1.87 bits per heavy atom. The number of nitrogens with zero attached hydrogens (tertiary/aromatic N) is 3. The van der Waals surface area contributed by atoms with Gasteiger partial charge in [-0.25, -0.2) is 4.39 Å². The van der Waals surface area contributed by atoms with Crippen LogP contribution in [-0.4, -0.2) is 41.3 Å². The van der Waals surface area contributed by atoms with Crippen LogP contribution in [0, 0.1) is 5.82 Å². The fourth-order valence-corrected chi connectivity index (χ4v) is 3.51. The number of hydrogen-bond acceptors (Lipinski definition) is 5. The van der Waals surface area contributed by atoms with Crippen LogP contribution in [0.3, 0.4) is 0 Å². The van der Waals surface area contributed by atoms with Gasteiger partial charge in [-0.3, -0.25) is 4.90 Å². The Bertz CT molecular complexity index is 865. The third-order valence-corrected chi connectivity index (χ3v) is 5.26. The zero-order valence-corrected chi connectivity index (χ0v) is 17.3. The number of methoxy groups -OCH3 is 1. The van der Waals surface area contributed by atoms with Gasteiger partial charge in [0.25, 0.3) is 0 Å². The molecule has 0 atom stereocenters. The minimum atomic E-state index is -4.50. The molecule has 1 aliphatic rings. The van der Waals surface area contributed by atoms with E-state index in [-0.39, 0.29) is 23.5 Å². The average molecular weight is 426 g/mol. The van der Waals surface area contributed by atoms with Crippen LogP contribution in [-0.2, 0) is 12.7 Å². The number of aromatic nitrogens is 2. The van der Waals surface area contributed by atoms with Gasteiger partial charge in [0.1, 0.15) is 5.56 Å². The highest BCUT2D eigenvalue weighted by Crippen LogP contribution is 2.35. The van der Waals surface area contributed by atoms with Crippen LogP contribution in [0.1, 0.15) is 49.4 Å². The quantitative estimate of drug-likeness (QED) is 0.670. The van der Waals surface area contributed by atoms with Gasteiger partial charge < -0.3 is 10.1 Å². The van der Waals surface area contributed by atoms with E-state index in [1.165, 1.54) is 13.2 Å². The average Bonchev–Trinajstić information content (AvgIpc) is 2.69. The fourth-order valence-electron chi connectivity index (χ4n) is 3.51. The summed E-state index contributed by atoms with van der Waals surface area (Å²) in [7, 11) is 1.42. The van der Waals surface area contributed by atoms with Crippen LogP contribution in [0.4, 0.5) is 23.4 Å². The predicted molar refractivity (Wildman–Crippen MR) is 106 cm³/mol. The van der Waals surface area contributed by atoms with Gasteiger partial charge in [-0.05, 0) is 42.5 Å². The molecule has 5 nitrogen and oxygen atoms in total. The molecule has 164 valence electrons. The number of benzene rings is 1. The van der Waals surface area contributed by atoms with Crippen molar-refractivity contribution in [3.63, 3.8) is 0 Å². The molecule has 0 bridgehead atoms. The number of nitrogens with one attached hydrogen (secondary N) is 1. The van der Waals surface area contributed by atoms with E-state index in [4.69, 9.17) is 4.74 Å². The number of likely N-dealkylation sites (tertiary alicyclic amines) is 1. The first kappa shape index (κ1) is 22.3. The van der Waals surface area contributed by atoms with Crippen LogP contribution in [0.25, 0.3) is 0 Å². The first-order valence-corrected chi connectivity index (χ1v) is 9.93. The van der Waals surface area contributed by atoms with Crippen molar-refractivity contribution in [2.45, 2.75) is 51.4 Å². The van der Waals surface area contributed by atoms with Gasteiger partial charge in [-0.15, -0.1) is 5.10 Å². The first-order chi connectivity index (χ1) is 14.2. The maximum Gasteiger partial charge on any atom is 0.420 e. The standard InChI is InChI=1S/C21H26F4N4O/c1-13(2)18-11-16(21(23,24)25)20(28-27-18)26-15-6-8-29(9-7-15)12-14-4-5-19(30-3)17(22)10-14/h4-5,10-11,13,15H,6-9,12H2,1-3H3,(H,26,28). The minimum Gasteiger partial charge on any atom is -0.494 e. The van der Waals surface area contributed by atoms with E-state index in [2.05, 4.69) is 20.4 Å². The molecule has 1 fully saturated rings. The summed E-state index contributed by atoms with van der Waals surface area (Å²) in [6.45, 7) is 5.50. The lowest BCUT2D eigenvalue weighted by Gasteiger charge is -2.33. The number of halogens is 4. The summed E-state index contributed by atoms with van der Waals surface area (Å²) in [5, 5.41) is 10.7. The number of anilines is 1. The second-order valence-corrected chi connectivity index (χ2v) is 7.85. The Labute approximate surface area is 173 Å². The summed E-state index contributed by atoms with van der Waals surface area (Å²) in [6.07, 6.45) is -3.19. The van der Waals surface area contributed by atoms with Crippen LogP contribution in [0.2, 0.25) is 0 Å². The normalized spacial score (nSPS) is 16.1. The molecule has 30 heavy (non-hydrogen) atoms. The van der Waals surface area contributed by atoms with Crippen LogP contribution in [0.15, 0.2) is 24.3 Å². The van der Waals surface area contributed by atoms with E-state index < -0.39 is 17.6 Å². The number of ether oxygens (including phenoxy) is 1. The van der Waals surface area contributed by atoms with Crippen molar-refractivity contribution in [2.75, 3.05) is 25.5 Å². The van der Waals surface area contributed by atoms with Gasteiger partial charge in [-0.2, -0.15) is 18.3 Å². The van der Waals surface area contributed by atoms with E-state index in [9.17, 15) is 17.6 Å². The molecule has 0 spiro atoms. The van der Waals surface area contributed by atoms with Gasteiger partial charge >= 0.3 is 6.18 Å². The summed E-state index contributed by atoms with van der Waals surface area (Å²) in [5.74, 6) is -0.567. The highest BCUT2D eigenvalue weighted by molar-refractivity contribution is 5.46. The third kappa shape index (κ3) is 5.38. The first-order valence-electron chi connectivity index (χ1n) is 9.93. The van der Waals surface area contributed by atoms with E-state index in [0.717, 1.165) is 11.6 Å². The summed E-state index contributed by atoms with van der Waals surface area (Å²) >= 11 is 0. The van der Waals surface area contributed by atoms with Gasteiger partial charge in [0.15, 0.2) is 17.4 Å². The molecule has 0 aliphatic carbocycles. The van der Waals surface area contributed by atoms with Gasteiger partial charge in [-0.1, -0.05) is 19.9 Å². The molecule has 1 aromatic heterocycles. The second-order valence-electron chi connectivity index (χ2n) is 7.85. The molecule has 2 aromatic rings. The van der Waals surface area contributed by atoms with Gasteiger partial charge in [0.05, 0.1) is 12.8 Å². The Kier molecular flexibility index (Phi) is 6.80. The van der Waals surface area contributed by atoms with E-state index in [0.29, 0.717) is 38.2 Å². The van der Waals surface area contributed by atoms with E-state index in [1.54, 1.807) is 19.9 Å². The molecule has 1 N–H and O–H groups in total. The SMILES string of the molecule is COc1ccc(CN2CCC(Nc3nnc(C(C)C)cc3C(F)(F)F)CC2)cc1F. The molecule has 0 amide bonds. The Morgan fingerprint density at radius 3 is 2.43 bits per heavy atom. The molecular formula is C21H26F4N4O. The smallest absolute Gasteiger partial charge is 0.420 e. The maximum absolute atomic E-state index is 13.9. The summed E-state index contributed by atoms with van der Waals surface area (Å²) in [6, 6.07) is 5.80. The van der Waals surface area contributed by atoms with Gasteiger partial charge in [0, 0.05) is 25.7 Å². The second kappa shape index (κ2) is 9.16.